The van der Waals surface area contributed by atoms with Gasteiger partial charge in [0.25, 0.3) is 5.91 Å². The van der Waals surface area contributed by atoms with Crippen LogP contribution in [0.3, 0.4) is 0 Å². The van der Waals surface area contributed by atoms with Gasteiger partial charge in [0.05, 0.1) is 19.4 Å². The van der Waals surface area contributed by atoms with E-state index in [0.29, 0.717) is 30.5 Å². The second kappa shape index (κ2) is 10.8. The lowest BCUT2D eigenvalue weighted by molar-refractivity contribution is -0.123. The van der Waals surface area contributed by atoms with Gasteiger partial charge in [-0.3, -0.25) is 4.79 Å². The Morgan fingerprint density at radius 3 is 2.58 bits per heavy atom. The molecule has 0 bridgehead atoms. The molecule has 0 radical (unpaired) electrons. The summed E-state index contributed by atoms with van der Waals surface area (Å²) in [5, 5.41) is 3.95. The summed E-state index contributed by atoms with van der Waals surface area (Å²) in [7, 11) is 0. The Balaban J connectivity index is 1.88. The normalized spacial score (nSPS) is 10.5. The third-order valence-corrected chi connectivity index (χ3v) is 3.25. The zero-order chi connectivity index (χ0) is 18.6. The van der Waals surface area contributed by atoms with E-state index in [1.165, 1.54) is 0 Å². The zero-order valence-corrected chi connectivity index (χ0v) is 15.1. The van der Waals surface area contributed by atoms with Crippen LogP contribution in [0.1, 0.15) is 25.8 Å². The van der Waals surface area contributed by atoms with Crippen LogP contribution >= 0.6 is 0 Å². The molecule has 0 aliphatic carbocycles. The minimum atomic E-state index is -0.335. The molecule has 138 valence electrons. The average molecular weight is 356 g/mol. The van der Waals surface area contributed by atoms with E-state index in [-0.39, 0.29) is 12.5 Å². The van der Waals surface area contributed by atoms with Crippen LogP contribution in [0.25, 0.3) is 0 Å². The second-order valence-electron chi connectivity index (χ2n) is 5.38. The molecule has 6 heteroatoms. The molecule has 0 heterocycles. The minimum absolute atomic E-state index is 0.102. The monoisotopic (exact) mass is 356 g/mol. The van der Waals surface area contributed by atoms with Crippen molar-refractivity contribution in [1.82, 2.24) is 5.43 Å². The fourth-order valence-electron chi connectivity index (χ4n) is 2.08. The fraction of sp³-hybridized carbons (Fsp3) is 0.300. The number of ether oxygens (including phenoxy) is 3. The molecule has 0 atom stereocenters. The Morgan fingerprint density at radius 1 is 1.04 bits per heavy atom. The van der Waals surface area contributed by atoms with Gasteiger partial charge in [-0.15, -0.1) is 0 Å². The molecule has 1 amide bonds. The summed E-state index contributed by atoms with van der Waals surface area (Å²) in [6.45, 7) is 5.03. The molecule has 2 aromatic rings. The number of hydrazone groups is 1. The molecule has 6 nitrogen and oxygen atoms in total. The number of carbonyl (C=O) groups excluding carboxylic acids is 1. The fourth-order valence-corrected chi connectivity index (χ4v) is 2.08. The predicted octanol–water partition coefficient (Wildman–Crippen LogP) is 3.40. The van der Waals surface area contributed by atoms with Crippen LogP contribution in [0.15, 0.2) is 53.6 Å². The highest BCUT2D eigenvalue weighted by atomic mass is 16.5. The van der Waals surface area contributed by atoms with Crippen molar-refractivity contribution in [2.24, 2.45) is 5.10 Å². The smallest absolute Gasteiger partial charge is 0.277 e. The van der Waals surface area contributed by atoms with E-state index < -0.39 is 0 Å². The summed E-state index contributed by atoms with van der Waals surface area (Å²) in [5.41, 5.74) is 3.23. The molecular formula is C20H24N2O4. The average Bonchev–Trinajstić information content (AvgIpc) is 2.67. The Kier molecular flexibility index (Phi) is 7.99. The van der Waals surface area contributed by atoms with E-state index in [1.54, 1.807) is 18.3 Å². The number of hydrogen-bond donors (Lipinski definition) is 1. The van der Waals surface area contributed by atoms with Crippen molar-refractivity contribution in [3.63, 3.8) is 0 Å². The first-order valence-corrected chi connectivity index (χ1v) is 8.62. The molecule has 2 aromatic carbocycles. The number of amides is 1. The van der Waals surface area contributed by atoms with Gasteiger partial charge in [0.2, 0.25) is 0 Å². The molecular weight excluding hydrogens is 332 g/mol. The SMILES string of the molecule is CCCOc1ccc(/C=N/NC(=O)COc2ccccc2)cc1OCC. The van der Waals surface area contributed by atoms with E-state index in [2.05, 4.69) is 10.5 Å². The first kappa shape index (κ1) is 19.3. The highest BCUT2D eigenvalue weighted by molar-refractivity contribution is 5.83. The van der Waals surface area contributed by atoms with Crippen molar-refractivity contribution >= 4 is 12.1 Å². The van der Waals surface area contributed by atoms with E-state index in [0.717, 1.165) is 12.0 Å². The number of para-hydroxylation sites is 1. The van der Waals surface area contributed by atoms with Gasteiger partial charge in [-0.1, -0.05) is 25.1 Å². The van der Waals surface area contributed by atoms with E-state index in [4.69, 9.17) is 14.2 Å². The molecule has 2 rings (SSSR count). The first-order chi connectivity index (χ1) is 12.7. The molecule has 0 aliphatic rings. The summed E-state index contributed by atoms with van der Waals surface area (Å²) in [6.07, 6.45) is 2.47. The summed E-state index contributed by atoms with van der Waals surface area (Å²) < 4.78 is 16.6. The van der Waals surface area contributed by atoms with E-state index in [9.17, 15) is 4.79 Å². The van der Waals surface area contributed by atoms with Crippen LogP contribution in [0.2, 0.25) is 0 Å². The van der Waals surface area contributed by atoms with Gasteiger partial charge in [0.1, 0.15) is 5.75 Å². The van der Waals surface area contributed by atoms with E-state index in [1.807, 2.05) is 50.2 Å². The van der Waals surface area contributed by atoms with Crippen molar-refractivity contribution in [3.8, 4) is 17.2 Å². The van der Waals surface area contributed by atoms with Crippen LogP contribution in [0.4, 0.5) is 0 Å². The highest BCUT2D eigenvalue weighted by Gasteiger charge is 2.06. The number of benzene rings is 2. The third kappa shape index (κ3) is 6.47. The van der Waals surface area contributed by atoms with Gasteiger partial charge >= 0.3 is 0 Å². The quantitative estimate of drug-likeness (QED) is 0.523. The Morgan fingerprint density at radius 2 is 1.85 bits per heavy atom. The summed E-state index contributed by atoms with van der Waals surface area (Å²) in [6, 6.07) is 14.6. The molecule has 26 heavy (non-hydrogen) atoms. The molecule has 0 aliphatic heterocycles. The number of rotatable bonds is 10. The Bertz CT molecular complexity index is 717. The van der Waals surface area contributed by atoms with Gasteiger partial charge in [0, 0.05) is 0 Å². The van der Waals surface area contributed by atoms with Crippen LogP contribution in [0, 0.1) is 0 Å². The second-order valence-corrected chi connectivity index (χ2v) is 5.38. The van der Waals surface area contributed by atoms with Crippen molar-refractivity contribution in [2.75, 3.05) is 19.8 Å². The minimum Gasteiger partial charge on any atom is -0.490 e. The molecule has 0 spiro atoms. The topological polar surface area (TPSA) is 69.2 Å². The van der Waals surface area contributed by atoms with Gasteiger partial charge in [-0.25, -0.2) is 5.43 Å². The molecule has 1 N–H and O–H groups in total. The van der Waals surface area contributed by atoms with Gasteiger partial charge in [-0.2, -0.15) is 5.10 Å². The number of nitrogens with zero attached hydrogens (tertiary/aromatic N) is 1. The number of nitrogens with one attached hydrogen (secondary N) is 1. The summed E-state index contributed by atoms with van der Waals surface area (Å²) in [5.74, 6) is 1.66. The Hall–Kier alpha value is -3.02. The lowest BCUT2D eigenvalue weighted by Crippen LogP contribution is -2.24. The van der Waals surface area contributed by atoms with Crippen LogP contribution in [-0.2, 0) is 4.79 Å². The van der Waals surface area contributed by atoms with Crippen LogP contribution < -0.4 is 19.6 Å². The van der Waals surface area contributed by atoms with E-state index >= 15 is 0 Å². The molecule has 0 aromatic heterocycles. The largest absolute Gasteiger partial charge is 0.490 e. The highest BCUT2D eigenvalue weighted by Crippen LogP contribution is 2.28. The molecule has 0 saturated heterocycles. The summed E-state index contributed by atoms with van der Waals surface area (Å²) >= 11 is 0. The van der Waals surface area contributed by atoms with Crippen molar-refractivity contribution in [2.45, 2.75) is 20.3 Å². The van der Waals surface area contributed by atoms with Gasteiger partial charge in [0.15, 0.2) is 18.1 Å². The lowest BCUT2D eigenvalue weighted by Gasteiger charge is -2.11. The standard InChI is InChI=1S/C20H24N2O4/c1-3-12-25-18-11-10-16(13-19(18)24-4-2)14-21-22-20(23)15-26-17-8-6-5-7-9-17/h5-11,13-14H,3-4,12,15H2,1-2H3,(H,22,23)/b21-14+. The van der Waals surface area contributed by atoms with Gasteiger partial charge in [-0.05, 0) is 49.2 Å². The van der Waals surface area contributed by atoms with Crippen LogP contribution in [-0.4, -0.2) is 31.9 Å². The maximum absolute atomic E-state index is 11.8. The molecule has 0 fully saturated rings. The van der Waals surface area contributed by atoms with Crippen molar-refractivity contribution in [1.29, 1.82) is 0 Å². The van der Waals surface area contributed by atoms with Crippen molar-refractivity contribution in [3.05, 3.63) is 54.1 Å². The summed E-state index contributed by atoms with van der Waals surface area (Å²) in [4.78, 5) is 11.8. The zero-order valence-electron chi connectivity index (χ0n) is 15.1. The van der Waals surface area contributed by atoms with Gasteiger partial charge < -0.3 is 14.2 Å². The van der Waals surface area contributed by atoms with Crippen LogP contribution in [0.5, 0.6) is 17.2 Å². The number of carbonyl (C=O) groups is 1. The number of hydrogen-bond acceptors (Lipinski definition) is 5. The maximum atomic E-state index is 11.8. The molecule has 0 unspecified atom stereocenters. The Labute approximate surface area is 153 Å². The van der Waals surface area contributed by atoms with Crippen molar-refractivity contribution < 1.29 is 19.0 Å². The predicted molar refractivity (Wildman–Crippen MR) is 101 cm³/mol. The first-order valence-electron chi connectivity index (χ1n) is 8.62. The molecule has 0 saturated carbocycles. The lowest BCUT2D eigenvalue weighted by atomic mass is 10.2. The maximum Gasteiger partial charge on any atom is 0.277 e. The third-order valence-electron chi connectivity index (χ3n) is 3.25.